The first-order valence-electron chi connectivity index (χ1n) is 16.9. The van der Waals surface area contributed by atoms with Gasteiger partial charge in [-0.05, 0) is 66.2 Å². The molecule has 6 rings (SSSR count). The molecule has 0 saturated heterocycles. The van der Waals surface area contributed by atoms with Gasteiger partial charge in [-0.1, -0.05) is 179 Å². The van der Waals surface area contributed by atoms with Gasteiger partial charge in [0, 0.05) is 21.2 Å². The lowest BCUT2D eigenvalue weighted by atomic mass is 10.2. The lowest BCUT2D eigenvalue weighted by Gasteiger charge is -2.38. The van der Waals surface area contributed by atoms with Crippen molar-refractivity contribution < 1.29 is 9.13 Å². The van der Waals surface area contributed by atoms with Gasteiger partial charge >= 0.3 is 0 Å². The van der Waals surface area contributed by atoms with Gasteiger partial charge in [0.1, 0.15) is 0 Å². The Labute approximate surface area is 294 Å². The van der Waals surface area contributed by atoms with E-state index in [1.54, 1.807) is 0 Å². The number of aryl methyl sites for hydroxylation is 6. The lowest BCUT2D eigenvalue weighted by Crippen LogP contribution is -2.36. The highest BCUT2D eigenvalue weighted by atomic mass is 31.2. The first-order chi connectivity index (χ1) is 23.5. The molecular formula is C44H45O2P3. The minimum Gasteiger partial charge on any atom is -0.313 e. The summed E-state index contributed by atoms with van der Waals surface area (Å²) in [6.45, 7) is 12.4. The zero-order chi connectivity index (χ0) is 34.8. The molecule has 0 radical (unpaired) electrons. The van der Waals surface area contributed by atoms with E-state index >= 15 is 9.13 Å². The van der Waals surface area contributed by atoms with Gasteiger partial charge < -0.3 is 9.13 Å². The van der Waals surface area contributed by atoms with Crippen LogP contribution < -0.4 is 31.8 Å². The molecule has 0 saturated carbocycles. The monoisotopic (exact) mass is 698 g/mol. The Balaban J connectivity index is 1.72. The standard InChI is InChI=1S/C44H45O2P3/c1-32-7-19-38(20-8-32)47(39-21-9-33(2)10-22-39)31-44(48(45,40-23-11-34(3)12-24-40)41-25-13-35(4)14-26-41)49(46,42-27-15-36(5)16-28-42)43-29-17-37(6)18-30-43/h7-30,44H,31H2,1-6H3. The van der Waals surface area contributed by atoms with E-state index < -0.39 is 27.6 Å². The van der Waals surface area contributed by atoms with E-state index in [9.17, 15) is 0 Å². The SMILES string of the molecule is Cc1ccc(P(CC(P(=O)(c2ccc(C)cc2)c2ccc(C)cc2)P(=O)(c2ccc(C)cc2)c2ccc(C)cc2)c2ccc(C)cc2)cc1. The van der Waals surface area contributed by atoms with Gasteiger partial charge in [0.25, 0.3) is 0 Å². The average molecular weight is 699 g/mol. The molecule has 0 bridgehead atoms. The number of hydrogen-bond donors (Lipinski definition) is 0. The highest BCUT2D eigenvalue weighted by Crippen LogP contribution is 2.68. The lowest BCUT2D eigenvalue weighted by molar-refractivity contribution is 0.575. The Morgan fingerprint density at radius 1 is 0.367 bits per heavy atom. The van der Waals surface area contributed by atoms with Crippen molar-refractivity contribution in [3.63, 3.8) is 0 Å². The van der Waals surface area contributed by atoms with Gasteiger partial charge in [0.2, 0.25) is 0 Å². The molecule has 0 aliphatic heterocycles. The highest BCUT2D eigenvalue weighted by Gasteiger charge is 2.50. The Kier molecular flexibility index (Phi) is 10.4. The largest absolute Gasteiger partial charge is 0.313 e. The van der Waals surface area contributed by atoms with E-state index in [0.29, 0.717) is 6.16 Å². The van der Waals surface area contributed by atoms with E-state index in [1.165, 1.54) is 21.7 Å². The molecule has 0 heterocycles. The molecule has 0 atom stereocenters. The summed E-state index contributed by atoms with van der Waals surface area (Å²) >= 11 is 0. The highest BCUT2D eigenvalue weighted by molar-refractivity contribution is 7.96. The van der Waals surface area contributed by atoms with Crippen LogP contribution in [0.3, 0.4) is 0 Å². The van der Waals surface area contributed by atoms with E-state index in [-0.39, 0.29) is 0 Å². The van der Waals surface area contributed by atoms with E-state index in [2.05, 4.69) is 90.1 Å². The summed E-state index contributed by atoms with van der Waals surface area (Å²) in [5.74, 6) is 0. The molecule has 49 heavy (non-hydrogen) atoms. The Morgan fingerprint density at radius 3 is 0.796 bits per heavy atom. The molecule has 0 aromatic heterocycles. The Hall–Kier alpha value is -3.79. The molecular weight excluding hydrogens is 653 g/mol. The van der Waals surface area contributed by atoms with Crippen molar-refractivity contribution in [3.8, 4) is 0 Å². The van der Waals surface area contributed by atoms with Crippen molar-refractivity contribution in [2.45, 2.75) is 46.9 Å². The molecule has 0 spiro atoms. The molecule has 0 unspecified atom stereocenters. The topological polar surface area (TPSA) is 34.1 Å². The second-order valence-electron chi connectivity index (χ2n) is 13.4. The third-order valence-electron chi connectivity index (χ3n) is 9.55. The van der Waals surface area contributed by atoms with E-state index in [1.807, 2.05) is 97.1 Å². The Morgan fingerprint density at radius 2 is 0.571 bits per heavy atom. The van der Waals surface area contributed by atoms with Crippen LogP contribution >= 0.6 is 22.2 Å². The number of rotatable bonds is 10. The second kappa shape index (κ2) is 14.6. The van der Waals surface area contributed by atoms with Gasteiger partial charge in [-0.2, -0.15) is 0 Å². The summed E-state index contributed by atoms with van der Waals surface area (Å²) in [5.41, 5.74) is 6.76. The third kappa shape index (κ3) is 7.25. The van der Waals surface area contributed by atoms with Crippen LogP contribution in [0.1, 0.15) is 33.4 Å². The number of benzene rings is 6. The molecule has 0 fully saturated rings. The van der Waals surface area contributed by atoms with Crippen molar-refractivity contribution in [1.82, 2.24) is 0 Å². The fourth-order valence-electron chi connectivity index (χ4n) is 6.48. The molecule has 2 nitrogen and oxygen atoms in total. The minimum atomic E-state index is -3.61. The third-order valence-corrected chi connectivity index (χ3v) is 21.0. The first kappa shape index (κ1) is 35.1. The van der Waals surface area contributed by atoms with Crippen LogP contribution in [0, 0.1) is 41.5 Å². The zero-order valence-electron chi connectivity index (χ0n) is 29.3. The summed E-state index contributed by atoms with van der Waals surface area (Å²) in [5, 5.41) is 4.64. The molecule has 248 valence electrons. The summed E-state index contributed by atoms with van der Waals surface area (Å²) in [4.78, 5) is 0. The predicted octanol–water partition coefficient (Wildman–Crippen LogP) is 9.32. The van der Waals surface area contributed by atoms with E-state index in [4.69, 9.17) is 0 Å². The maximum Gasteiger partial charge on any atom is 0.154 e. The summed E-state index contributed by atoms with van der Waals surface area (Å²) < 4.78 is 33.6. The molecule has 6 aromatic rings. The van der Waals surface area contributed by atoms with Crippen molar-refractivity contribution >= 4 is 54.0 Å². The minimum absolute atomic E-state index is 0.486. The smallest absolute Gasteiger partial charge is 0.154 e. The van der Waals surface area contributed by atoms with Gasteiger partial charge in [0.15, 0.2) is 14.3 Å². The van der Waals surface area contributed by atoms with Gasteiger partial charge in [-0.25, -0.2) is 0 Å². The molecule has 5 heteroatoms. The van der Waals surface area contributed by atoms with Crippen LogP contribution in [0.4, 0.5) is 0 Å². The summed E-state index contributed by atoms with van der Waals surface area (Å²) in [6, 6.07) is 49.9. The van der Waals surface area contributed by atoms with Crippen LogP contribution in [0.2, 0.25) is 0 Å². The molecule has 0 aliphatic rings. The average Bonchev–Trinajstić information content (AvgIpc) is 3.10. The number of hydrogen-bond acceptors (Lipinski definition) is 2. The molecule has 0 amide bonds. The second-order valence-corrected chi connectivity index (χ2v) is 22.0. The zero-order valence-corrected chi connectivity index (χ0v) is 32.0. The fourth-order valence-corrected chi connectivity index (χ4v) is 19.1. The van der Waals surface area contributed by atoms with Crippen molar-refractivity contribution in [2.75, 3.05) is 6.16 Å². The van der Waals surface area contributed by atoms with Crippen LogP contribution in [-0.4, -0.2) is 11.6 Å². The molecule has 0 N–H and O–H groups in total. The molecule has 0 aliphatic carbocycles. The fraction of sp³-hybridized carbons (Fsp3) is 0.182. The van der Waals surface area contributed by atoms with Crippen LogP contribution in [0.15, 0.2) is 146 Å². The van der Waals surface area contributed by atoms with E-state index in [0.717, 1.165) is 43.5 Å². The van der Waals surface area contributed by atoms with Crippen LogP contribution in [0.5, 0.6) is 0 Å². The van der Waals surface area contributed by atoms with Crippen molar-refractivity contribution in [2.24, 2.45) is 0 Å². The van der Waals surface area contributed by atoms with Gasteiger partial charge in [0.05, 0.1) is 5.40 Å². The van der Waals surface area contributed by atoms with Gasteiger partial charge in [-0.15, -0.1) is 0 Å². The normalized spacial score (nSPS) is 12.1. The van der Waals surface area contributed by atoms with Crippen molar-refractivity contribution in [3.05, 3.63) is 179 Å². The summed E-state index contributed by atoms with van der Waals surface area (Å²) in [6.07, 6.45) is 0.486. The first-order valence-corrected chi connectivity index (χ1v) is 22.0. The quantitative estimate of drug-likeness (QED) is 0.134. The predicted molar refractivity (Wildman–Crippen MR) is 216 cm³/mol. The van der Waals surface area contributed by atoms with Crippen LogP contribution in [0.25, 0.3) is 0 Å². The van der Waals surface area contributed by atoms with Crippen LogP contribution in [-0.2, 0) is 9.13 Å². The summed E-state index contributed by atoms with van der Waals surface area (Å²) in [7, 11) is -8.30. The molecule has 6 aromatic carbocycles. The Bertz CT molecular complexity index is 1860. The van der Waals surface area contributed by atoms with Gasteiger partial charge in [-0.3, -0.25) is 0 Å². The maximum absolute atomic E-state index is 16.8. The van der Waals surface area contributed by atoms with Crippen molar-refractivity contribution in [1.29, 1.82) is 0 Å². The maximum atomic E-state index is 16.8.